The summed E-state index contributed by atoms with van der Waals surface area (Å²) in [6.07, 6.45) is 5.72. The molecule has 0 radical (unpaired) electrons. The third-order valence-corrected chi connectivity index (χ3v) is 9.31. The molecule has 2 saturated heterocycles. The van der Waals surface area contributed by atoms with Gasteiger partial charge in [0.1, 0.15) is 0 Å². The molecule has 3 fully saturated rings. The van der Waals surface area contributed by atoms with Crippen molar-refractivity contribution in [2.75, 3.05) is 32.9 Å². The Morgan fingerprint density at radius 1 is 1.22 bits per heavy atom. The number of nitrogens with zero attached hydrogens (tertiary/aromatic N) is 2. The molecule has 1 amide bonds. The predicted molar refractivity (Wildman–Crippen MR) is 119 cm³/mol. The van der Waals surface area contributed by atoms with Crippen LogP contribution in [0.15, 0.2) is 18.3 Å². The number of carbonyl (C=O) groups is 1. The first-order valence-electron chi connectivity index (χ1n) is 11.0. The zero-order valence-corrected chi connectivity index (χ0v) is 19.7. The first-order chi connectivity index (χ1) is 15.0. The molecule has 0 bridgehead atoms. The highest BCUT2D eigenvalue weighted by atomic mass is 35.5. The monoisotopic (exact) mass is 489 g/mol. The second-order valence-corrected chi connectivity index (χ2v) is 11.0. The van der Waals surface area contributed by atoms with Gasteiger partial charge in [-0.25, -0.2) is 18.2 Å². The zero-order chi connectivity index (χ0) is 21.9. The van der Waals surface area contributed by atoms with Gasteiger partial charge in [0.15, 0.2) is 4.75 Å². The van der Waals surface area contributed by atoms with E-state index in [0.29, 0.717) is 32.5 Å². The Kier molecular flexibility index (Phi) is 8.51. The summed E-state index contributed by atoms with van der Waals surface area (Å²) in [5, 5.41) is 9.17. The normalized spacial score (nSPS) is 22.2. The van der Waals surface area contributed by atoms with Gasteiger partial charge in [0.25, 0.3) is 5.91 Å². The number of aromatic nitrogens is 1. The topological polar surface area (TPSA) is 118 Å². The van der Waals surface area contributed by atoms with Crippen LogP contribution in [0.25, 0.3) is 0 Å². The summed E-state index contributed by atoms with van der Waals surface area (Å²) in [7, 11) is -3.94. The van der Waals surface area contributed by atoms with Crippen LogP contribution in [0.3, 0.4) is 0 Å². The van der Waals surface area contributed by atoms with E-state index in [2.05, 4.69) is 4.98 Å². The predicted octanol–water partition coefficient (Wildman–Crippen LogP) is 1.99. The molecule has 9 nitrogen and oxygen atoms in total. The molecule has 180 valence electrons. The molecule has 0 unspecified atom stereocenters. The van der Waals surface area contributed by atoms with Crippen LogP contribution in [0.2, 0.25) is 0 Å². The standard InChI is InChI=1S/C21H31N3O6S.ClH/c25-20(23-26)21(7-11-29-12-8-21)31(27,28)24-9-5-18(6-10-24)19-4-3-17(13-22-19)15-30-14-16-1-2-16;/h3-4,13,16,18,26H,1-2,5-12,14-15H2,(H,23,25);1H. The number of piperidine rings is 1. The van der Waals surface area contributed by atoms with E-state index >= 15 is 0 Å². The summed E-state index contributed by atoms with van der Waals surface area (Å²) in [6.45, 7) is 2.37. The fourth-order valence-corrected chi connectivity index (χ4v) is 6.58. The summed E-state index contributed by atoms with van der Waals surface area (Å²) in [6, 6.07) is 4.03. The molecule has 11 heteroatoms. The van der Waals surface area contributed by atoms with Crippen LogP contribution in [-0.2, 0) is 30.9 Å². The van der Waals surface area contributed by atoms with Crippen LogP contribution in [0.5, 0.6) is 0 Å². The molecular formula is C21H32ClN3O6S. The van der Waals surface area contributed by atoms with E-state index in [4.69, 9.17) is 9.47 Å². The van der Waals surface area contributed by atoms with Gasteiger partial charge in [0, 0.05) is 63.6 Å². The smallest absolute Gasteiger partial charge is 0.266 e. The highest BCUT2D eigenvalue weighted by Gasteiger charge is 2.54. The van der Waals surface area contributed by atoms with Crippen molar-refractivity contribution in [1.29, 1.82) is 0 Å². The molecule has 4 rings (SSSR count). The number of sulfonamides is 1. The number of hydrogen-bond acceptors (Lipinski definition) is 7. The minimum Gasteiger partial charge on any atom is -0.381 e. The van der Waals surface area contributed by atoms with Crippen LogP contribution in [0.1, 0.15) is 55.7 Å². The van der Waals surface area contributed by atoms with Crippen molar-refractivity contribution in [3.63, 3.8) is 0 Å². The molecular weight excluding hydrogens is 458 g/mol. The number of hydroxylamine groups is 1. The van der Waals surface area contributed by atoms with Crippen molar-refractivity contribution in [2.45, 2.75) is 55.8 Å². The van der Waals surface area contributed by atoms with Crippen molar-refractivity contribution in [3.8, 4) is 0 Å². The Morgan fingerprint density at radius 2 is 1.91 bits per heavy atom. The highest BCUT2D eigenvalue weighted by Crippen LogP contribution is 2.36. The maximum Gasteiger partial charge on any atom is 0.266 e. The lowest BCUT2D eigenvalue weighted by atomic mass is 9.94. The van der Waals surface area contributed by atoms with Crippen LogP contribution < -0.4 is 5.48 Å². The third-order valence-electron chi connectivity index (χ3n) is 6.69. The molecule has 1 saturated carbocycles. The van der Waals surface area contributed by atoms with Crippen LogP contribution >= 0.6 is 12.4 Å². The molecule has 3 aliphatic rings. The van der Waals surface area contributed by atoms with Gasteiger partial charge in [-0.05, 0) is 43.2 Å². The van der Waals surface area contributed by atoms with Crippen molar-refractivity contribution in [1.82, 2.24) is 14.8 Å². The number of hydrogen-bond donors (Lipinski definition) is 2. The Balaban J connectivity index is 0.00000289. The minimum absolute atomic E-state index is 0. The SMILES string of the molecule is Cl.O=C(NO)C1(S(=O)(=O)N2CCC(c3ccc(COCC4CC4)cn3)CC2)CCOCC1. The summed E-state index contributed by atoms with van der Waals surface area (Å²) >= 11 is 0. The average molecular weight is 490 g/mol. The summed E-state index contributed by atoms with van der Waals surface area (Å²) in [5.41, 5.74) is 3.56. The first kappa shape index (κ1) is 25.3. The second-order valence-electron chi connectivity index (χ2n) is 8.78. The Bertz CT molecular complexity index is 864. The fourth-order valence-electron chi connectivity index (χ4n) is 4.43. The fraction of sp³-hybridized carbons (Fsp3) is 0.714. The van der Waals surface area contributed by atoms with Crippen molar-refractivity contribution in [2.24, 2.45) is 5.92 Å². The maximum absolute atomic E-state index is 13.4. The second kappa shape index (κ2) is 10.8. The van der Waals surface area contributed by atoms with Crippen molar-refractivity contribution >= 4 is 28.3 Å². The maximum atomic E-state index is 13.4. The number of nitrogens with one attached hydrogen (secondary N) is 1. The van der Waals surface area contributed by atoms with Gasteiger partial charge < -0.3 is 9.47 Å². The Morgan fingerprint density at radius 3 is 2.47 bits per heavy atom. The van der Waals surface area contributed by atoms with E-state index in [0.717, 1.165) is 23.8 Å². The Labute approximate surface area is 195 Å². The number of halogens is 1. The lowest BCUT2D eigenvalue weighted by Crippen LogP contribution is -2.60. The molecule has 1 aliphatic carbocycles. The van der Waals surface area contributed by atoms with Gasteiger partial charge in [0.05, 0.1) is 6.61 Å². The van der Waals surface area contributed by atoms with E-state index < -0.39 is 20.7 Å². The molecule has 2 N–H and O–H groups in total. The van der Waals surface area contributed by atoms with Crippen LogP contribution in [-0.4, -0.2) is 66.5 Å². The molecule has 32 heavy (non-hydrogen) atoms. The van der Waals surface area contributed by atoms with E-state index in [1.807, 2.05) is 18.3 Å². The number of ether oxygens (including phenoxy) is 2. The van der Waals surface area contributed by atoms with E-state index in [1.165, 1.54) is 17.1 Å². The first-order valence-corrected chi connectivity index (χ1v) is 12.4. The van der Waals surface area contributed by atoms with Gasteiger partial charge in [0.2, 0.25) is 10.0 Å². The molecule has 1 aromatic rings. The quantitative estimate of drug-likeness (QED) is 0.423. The number of carbonyl (C=O) groups excluding carboxylic acids is 1. The molecule has 0 spiro atoms. The van der Waals surface area contributed by atoms with E-state index in [1.54, 1.807) is 5.48 Å². The Hall–Kier alpha value is -1.30. The van der Waals surface area contributed by atoms with Gasteiger partial charge in [-0.15, -0.1) is 12.4 Å². The van der Waals surface area contributed by atoms with Crippen molar-refractivity contribution in [3.05, 3.63) is 29.6 Å². The summed E-state index contributed by atoms with van der Waals surface area (Å²) in [5.74, 6) is 0.0293. The van der Waals surface area contributed by atoms with Gasteiger partial charge in [-0.3, -0.25) is 15.0 Å². The van der Waals surface area contributed by atoms with Gasteiger partial charge in [-0.1, -0.05) is 6.07 Å². The van der Waals surface area contributed by atoms with E-state index in [9.17, 15) is 18.4 Å². The van der Waals surface area contributed by atoms with E-state index in [-0.39, 0.29) is 44.4 Å². The minimum atomic E-state index is -3.94. The van der Waals surface area contributed by atoms with Crippen molar-refractivity contribution < 1.29 is 27.9 Å². The largest absolute Gasteiger partial charge is 0.381 e. The van der Waals surface area contributed by atoms with Gasteiger partial charge in [-0.2, -0.15) is 0 Å². The summed E-state index contributed by atoms with van der Waals surface area (Å²) in [4.78, 5) is 17.0. The van der Waals surface area contributed by atoms with Crippen LogP contribution in [0, 0.1) is 5.92 Å². The van der Waals surface area contributed by atoms with Gasteiger partial charge >= 0.3 is 0 Å². The average Bonchev–Trinajstić information content (AvgIpc) is 3.64. The lowest BCUT2D eigenvalue weighted by Gasteiger charge is -2.40. The summed E-state index contributed by atoms with van der Waals surface area (Å²) < 4.78 is 37.4. The number of amides is 1. The lowest BCUT2D eigenvalue weighted by molar-refractivity contribution is -0.134. The molecule has 3 heterocycles. The molecule has 1 aromatic heterocycles. The third kappa shape index (κ3) is 5.26. The highest BCUT2D eigenvalue weighted by molar-refractivity contribution is 7.91. The zero-order valence-electron chi connectivity index (χ0n) is 18.1. The number of pyridine rings is 1. The molecule has 0 aromatic carbocycles. The number of rotatable bonds is 8. The molecule has 0 atom stereocenters. The van der Waals surface area contributed by atoms with Crippen LogP contribution in [0.4, 0.5) is 0 Å². The molecule has 2 aliphatic heterocycles.